The van der Waals surface area contributed by atoms with Crippen LogP contribution >= 0.6 is 0 Å². The lowest BCUT2D eigenvalue weighted by atomic mass is 10.0. The first-order valence-electron chi connectivity index (χ1n) is 10.9. The maximum atomic E-state index is 4.52. The topological polar surface area (TPSA) is 57.5 Å². The second-order valence-electron chi connectivity index (χ2n) is 7.96. The van der Waals surface area contributed by atoms with Crippen molar-refractivity contribution in [2.75, 3.05) is 26.7 Å². The first kappa shape index (κ1) is 21.4. The maximum absolute atomic E-state index is 4.52. The van der Waals surface area contributed by atoms with Crippen molar-refractivity contribution in [3.63, 3.8) is 0 Å². The number of nitrogens with one attached hydrogen (secondary N) is 2. The number of aryl methyl sites for hydroxylation is 3. The zero-order chi connectivity index (χ0) is 20.5. The molecule has 0 saturated carbocycles. The molecule has 2 heterocycles. The Morgan fingerprint density at radius 1 is 1.07 bits per heavy atom. The van der Waals surface area contributed by atoms with Gasteiger partial charge in [0.25, 0.3) is 0 Å². The molecular formula is C23H36N6. The van der Waals surface area contributed by atoms with Crippen LogP contribution in [0.2, 0.25) is 0 Å². The van der Waals surface area contributed by atoms with Crippen molar-refractivity contribution in [2.24, 2.45) is 4.99 Å². The standard InChI is InChI=1S/C23H36N6/c1-19-16-20(2)29(27-19)15-9-12-25-23(24-3)26-17-21-10-5-6-11-22(21)18-28-13-7-4-8-14-28/h5-6,10-11,16H,4,7-9,12-15,17-18H2,1-3H3,(H2,24,25,26). The Bertz CT molecular complexity index is 788. The molecule has 1 aromatic carbocycles. The molecule has 1 aliphatic rings. The molecule has 0 atom stereocenters. The summed E-state index contributed by atoms with van der Waals surface area (Å²) in [6.45, 7) is 10.2. The monoisotopic (exact) mass is 396 g/mol. The van der Waals surface area contributed by atoms with Crippen molar-refractivity contribution >= 4 is 5.96 Å². The molecule has 1 aliphatic heterocycles. The van der Waals surface area contributed by atoms with Crippen molar-refractivity contribution in [1.29, 1.82) is 0 Å². The summed E-state index contributed by atoms with van der Waals surface area (Å²) in [6.07, 6.45) is 5.04. The van der Waals surface area contributed by atoms with Gasteiger partial charge in [0.1, 0.15) is 0 Å². The van der Waals surface area contributed by atoms with E-state index in [1.165, 1.54) is 49.2 Å². The molecule has 158 valence electrons. The van der Waals surface area contributed by atoms with Gasteiger partial charge in [0, 0.05) is 38.9 Å². The highest BCUT2D eigenvalue weighted by atomic mass is 15.3. The van der Waals surface area contributed by atoms with Gasteiger partial charge < -0.3 is 10.6 Å². The van der Waals surface area contributed by atoms with Crippen molar-refractivity contribution in [3.8, 4) is 0 Å². The van der Waals surface area contributed by atoms with Gasteiger partial charge >= 0.3 is 0 Å². The van der Waals surface area contributed by atoms with E-state index in [0.29, 0.717) is 0 Å². The van der Waals surface area contributed by atoms with Crippen LogP contribution in [-0.2, 0) is 19.6 Å². The maximum Gasteiger partial charge on any atom is 0.191 e. The molecule has 0 bridgehead atoms. The van der Waals surface area contributed by atoms with Gasteiger partial charge in [0.15, 0.2) is 5.96 Å². The predicted molar refractivity (Wildman–Crippen MR) is 120 cm³/mol. The van der Waals surface area contributed by atoms with Crippen LogP contribution in [0.5, 0.6) is 0 Å². The number of rotatable bonds is 8. The molecule has 3 rings (SSSR count). The number of hydrogen-bond donors (Lipinski definition) is 2. The zero-order valence-electron chi connectivity index (χ0n) is 18.2. The third-order valence-electron chi connectivity index (χ3n) is 5.57. The smallest absolute Gasteiger partial charge is 0.191 e. The average molecular weight is 397 g/mol. The van der Waals surface area contributed by atoms with Gasteiger partial charge in [-0.15, -0.1) is 0 Å². The normalized spacial score (nSPS) is 15.5. The van der Waals surface area contributed by atoms with E-state index in [1.807, 2.05) is 14.0 Å². The number of benzene rings is 1. The molecule has 29 heavy (non-hydrogen) atoms. The molecule has 0 spiro atoms. The van der Waals surface area contributed by atoms with Crippen LogP contribution in [0.1, 0.15) is 48.2 Å². The lowest BCUT2D eigenvalue weighted by molar-refractivity contribution is 0.220. The number of hydrogen-bond acceptors (Lipinski definition) is 3. The highest BCUT2D eigenvalue weighted by Gasteiger charge is 2.12. The van der Waals surface area contributed by atoms with Gasteiger partial charge in [-0.1, -0.05) is 30.7 Å². The molecule has 1 saturated heterocycles. The fraction of sp³-hybridized carbons (Fsp3) is 0.565. The third-order valence-corrected chi connectivity index (χ3v) is 5.57. The van der Waals surface area contributed by atoms with Crippen LogP contribution in [0.25, 0.3) is 0 Å². The summed E-state index contributed by atoms with van der Waals surface area (Å²) in [6, 6.07) is 10.9. The van der Waals surface area contributed by atoms with E-state index in [9.17, 15) is 0 Å². The molecule has 0 radical (unpaired) electrons. The summed E-state index contributed by atoms with van der Waals surface area (Å²) < 4.78 is 2.07. The summed E-state index contributed by atoms with van der Waals surface area (Å²) >= 11 is 0. The SMILES string of the molecule is CN=C(NCCCn1nc(C)cc1C)NCc1ccccc1CN1CCCCC1. The fourth-order valence-electron chi connectivity index (χ4n) is 3.98. The number of aliphatic imine (C=N–C) groups is 1. The Hall–Kier alpha value is -2.34. The van der Waals surface area contributed by atoms with Crippen molar-refractivity contribution in [1.82, 2.24) is 25.3 Å². The van der Waals surface area contributed by atoms with Crippen LogP contribution in [0.3, 0.4) is 0 Å². The summed E-state index contributed by atoms with van der Waals surface area (Å²) in [4.78, 5) is 6.95. The van der Waals surface area contributed by atoms with Gasteiger partial charge in [0.05, 0.1) is 5.69 Å². The molecule has 0 unspecified atom stereocenters. The van der Waals surface area contributed by atoms with Gasteiger partial charge in [0.2, 0.25) is 0 Å². The lowest BCUT2D eigenvalue weighted by Gasteiger charge is -2.27. The fourth-order valence-corrected chi connectivity index (χ4v) is 3.98. The Morgan fingerprint density at radius 3 is 2.52 bits per heavy atom. The van der Waals surface area contributed by atoms with E-state index in [4.69, 9.17) is 0 Å². The van der Waals surface area contributed by atoms with Crippen LogP contribution in [0.15, 0.2) is 35.3 Å². The molecule has 1 aromatic heterocycles. The van der Waals surface area contributed by atoms with Crippen molar-refractivity contribution < 1.29 is 0 Å². The van der Waals surface area contributed by atoms with E-state index in [-0.39, 0.29) is 0 Å². The average Bonchev–Trinajstić information content (AvgIpc) is 3.06. The van der Waals surface area contributed by atoms with Gasteiger partial charge in [-0.05, 0) is 63.4 Å². The molecule has 2 N–H and O–H groups in total. The van der Waals surface area contributed by atoms with E-state index in [0.717, 1.165) is 44.3 Å². The van der Waals surface area contributed by atoms with E-state index >= 15 is 0 Å². The lowest BCUT2D eigenvalue weighted by Crippen LogP contribution is -2.38. The Balaban J connectivity index is 1.44. The second-order valence-corrected chi connectivity index (χ2v) is 7.96. The number of likely N-dealkylation sites (tertiary alicyclic amines) is 1. The Kier molecular flexibility index (Phi) is 8.11. The number of nitrogens with zero attached hydrogens (tertiary/aromatic N) is 4. The van der Waals surface area contributed by atoms with Gasteiger partial charge in [-0.3, -0.25) is 14.6 Å². The summed E-state index contributed by atoms with van der Waals surface area (Å²) in [5.74, 6) is 0.853. The second kappa shape index (κ2) is 11.0. The van der Waals surface area contributed by atoms with E-state index in [1.54, 1.807) is 0 Å². The summed E-state index contributed by atoms with van der Waals surface area (Å²) in [7, 11) is 1.83. The van der Waals surface area contributed by atoms with E-state index < -0.39 is 0 Å². The zero-order valence-corrected chi connectivity index (χ0v) is 18.2. The first-order chi connectivity index (χ1) is 14.2. The molecule has 0 amide bonds. The molecule has 6 nitrogen and oxygen atoms in total. The third kappa shape index (κ3) is 6.60. The van der Waals surface area contributed by atoms with Crippen molar-refractivity contribution in [2.45, 2.75) is 59.2 Å². The highest BCUT2D eigenvalue weighted by Crippen LogP contribution is 2.16. The van der Waals surface area contributed by atoms with Crippen LogP contribution in [-0.4, -0.2) is 47.3 Å². The minimum atomic E-state index is 0.793. The largest absolute Gasteiger partial charge is 0.356 e. The number of guanidine groups is 1. The quantitative estimate of drug-likeness (QED) is 0.409. The van der Waals surface area contributed by atoms with Crippen LogP contribution in [0, 0.1) is 13.8 Å². The Labute approximate surface area is 175 Å². The molecule has 1 fully saturated rings. The van der Waals surface area contributed by atoms with Crippen LogP contribution < -0.4 is 10.6 Å². The molecule has 2 aromatic rings. The minimum Gasteiger partial charge on any atom is -0.356 e. The molecular weight excluding hydrogens is 360 g/mol. The van der Waals surface area contributed by atoms with Crippen LogP contribution in [0.4, 0.5) is 0 Å². The highest BCUT2D eigenvalue weighted by molar-refractivity contribution is 5.79. The summed E-state index contributed by atoms with van der Waals surface area (Å²) in [5.41, 5.74) is 5.07. The molecule has 6 heteroatoms. The Morgan fingerprint density at radius 2 is 1.83 bits per heavy atom. The van der Waals surface area contributed by atoms with E-state index in [2.05, 4.69) is 67.6 Å². The minimum absolute atomic E-state index is 0.793. The molecule has 0 aliphatic carbocycles. The van der Waals surface area contributed by atoms with Crippen molar-refractivity contribution in [3.05, 3.63) is 52.8 Å². The number of aromatic nitrogens is 2. The van der Waals surface area contributed by atoms with Gasteiger partial charge in [-0.2, -0.15) is 5.10 Å². The summed E-state index contributed by atoms with van der Waals surface area (Å²) in [5, 5.41) is 11.4. The number of piperidine rings is 1. The predicted octanol–water partition coefficient (Wildman–Crippen LogP) is 3.24. The van der Waals surface area contributed by atoms with Gasteiger partial charge in [-0.25, -0.2) is 0 Å². The first-order valence-corrected chi connectivity index (χ1v) is 10.9.